The fraction of sp³-hybridized carbons (Fsp3) is 0.0909. The third-order valence-electron chi connectivity index (χ3n) is 3.90. The van der Waals surface area contributed by atoms with Crippen LogP contribution < -0.4 is 10.2 Å². The Morgan fingerprint density at radius 1 is 0.963 bits per heavy atom. The van der Waals surface area contributed by atoms with Gasteiger partial charge in [0.15, 0.2) is 6.10 Å². The summed E-state index contributed by atoms with van der Waals surface area (Å²) in [5.74, 6) is 0.298. The van der Waals surface area contributed by atoms with Gasteiger partial charge >= 0.3 is 0 Å². The number of rotatable bonds is 6. The molecule has 5 heteroatoms. The van der Waals surface area contributed by atoms with Crippen LogP contribution in [0.2, 0.25) is 5.02 Å². The lowest BCUT2D eigenvalue weighted by atomic mass is 10.1. The van der Waals surface area contributed by atoms with E-state index in [0.29, 0.717) is 10.8 Å². The molecule has 0 bridgehead atoms. The van der Waals surface area contributed by atoms with E-state index in [-0.39, 0.29) is 5.91 Å². The van der Waals surface area contributed by atoms with Gasteiger partial charge in [-0.1, -0.05) is 66.2 Å². The van der Waals surface area contributed by atoms with E-state index in [9.17, 15) is 4.79 Å². The van der Waals surface area contributed by atoms with Crippen molar-refractivity contribution in [1.82, 2.24) is 5.43 Å². The highest BCUT2D eigenvalue weighted by atomic mass is 35.5. The van der Waals surface area contributed by atoms with Gasteiger partial charge in [-0.3, -0.25) is 4.79 Å². The van der Waals surface area contributed by atoms with Crippen LogP contribution in [0.25, 0.3) is 11.1 Å². The third-order valence-corrected chi connectivity index (χ3v) is 4.15. The van der Waals surface area contributed by atoms with Crippen LogP contribution in [0.5, 0.6) is 5.75 Å². The van der Waals surface area contributed by atoms with Crippen molar-refractivity contribution in [3.8, 4) is 16.9 Å². The van der Waals surface area contributed by atoms with E-state index in [4.69, 9.17) is 16.3 Å². The number of amides is 1. The molecule has 1 N–H and O–H groups in total. The lowest BCUT2D eigenvalue weighted by Gasteiger charge is -2.13. The summed E-state index contributed by atoms with van der Waals surface area (Å²) in [7, 11) is 0. The lowest BCUT2D eigenvalue weighted by molar-refractivity contribution is -0.127. The fourth-order valence-electron chi connectivity index (χ4n) is 2.42. The first-order chi connectivity index (χ1) is 13.1. The molecule has 0 aliphatic rings. The summed E-state index contributed by atoms with van der Waals surface area (Å²) in [6.07, 6.45) is 0.880. The monoisotopic (exact) mass is 378 g/mol. The zero-order valence-corrected chi connectivity index (χ0v) is 15.6. The Hall–Kier alpha value is -3.11. The minimum absolute atomic E-state index is 0.327. The summed E-state index contributed by atoms with van der Waals surface area (Å²) in [6, 6.07) is 24.8. The zero-order valence-electron chi connectivity index (χ0n) is 14.8. The Morgan fingerprint density at radius 2 is 1.59 bits per heavy atom. The van der Waals surface area contributed by atoms with Crippen molar-refractivity contribution in [1.29, 1.82) is 0 Å². The smallest absolute Gasteiger partial charge is 0.280 e. The van der Waals surface area contributed by atoms with Gasteiger partial charge in [-0.15, -0.1) is 0 Å². The van der Waals surface area contributed by atoms with Crippen molar-refractivity contribution in [2.75, 3.05) is 0 Å². The molecule has 0 heterocycles. The fourth-order valence-corrected chi connectivity index (χ4v) is 2.55. The van der Waals surface area contributed by atoms with Crippen molar-refractivity contribution < 1.29 is 9.53 Å². The number of halogens is 1. The predicted octanol–water partition coefficient (Wildman–Crippen LogP) is 4.92. The Balaban J connectivity index is 1.54. The number of carbonyl (C=O) groups is 1. The Bertz CT molecular complexity index is 907. The van der Waals surface area contributed by atoms with Gasteiger partial charge in [-0.2, -0.15) is 5.10 Å². The zero-order chi connectivity index (χ0) is 19.1. The van der Waals surface area contributed by atoms with Crippen LogP contribution in [0.4, 0.5) is 0 Å². The maximum atomic E-state index is 12.1. The van der Waals surface area contributed by atoms with E-state index in [0.717, 1.165) is 16.7 Å². The van der Waals surface area contributed by atoms with Crippen LogP contribution in [0.3, 0.4) is 0 Å². The molecule has 0 fully saturated rings. The second-order valence-electron chi connectivity index (χ2n) is 5.94. The molecule has 3 aromatic rings. The van der Waals surface area contributed by atoms with Crippen LogP contribution in [0.1, 0.15) is 12.5 Å². The van der Waals surface area contributed by atoms with Crippen molar-refractivity contribution >= 4 is 23.7 Å². The van der Waals surface area contributed by atoms with Crippen LogP contribution in [-0.2, 0) is 4.79 Å². The van der Waals surface area contributed by atoms with E-state index in [1.54, 1.807) is 25.3 Å². The average Bonchev–Trinajstić information content (AvgIpc) is 2.70. The minimum atomic E-state index is -0.671. The molecule has 0 spiro atoms. The number of carbonyl (C=O) groups excluding carboxylic acids is 1. The topological polar surface area (TPSA) is 50.7 Å². The molecule has 3 aromatic carbocycles. The van der Waals surface area contributed by atoms with Crippen molar-refractivity contribution in [2.45, 2.75) is 13.0 Å². The molecule has 4 nitrogen and oxygen atoms in total. The summed E-state index contributed by atoms with van der Waals surface area (Å²) in [5.41, 5.74) is 5.53. The summed E-state index contributed by atoms with van der Waals surface area (Å²) >= 11 is 5.83. The number of benzene rings is 3. The van der Waals surface area contributed by atoms with Crippen LogP contribution >= 0.6 is 11.6 Å². The van der Waals surface area contributed by atoms with E-state index in [1.165, 1.54) is 0 Å². The molecule has 0 aromatic heterocycles. The summed E-state index contributed by atoms with van der Waals surface area (Å²) < 4.78 is 5.68. The molecule has 0 aliphatic heterocycles. The van der Waals surface area contributed by atoms with Gasteiger partial charge in [-0.05, 0) is 47.9 Å². The molecule has 1 unspecified atom stereocenters. The van der Waals surface area contributed by atoms with Crippen LogP contribution in [0, 0.1) is 0 Å². The minimum Gasteiger partial charge on any atom is -0.481 e. The normalized spacial score (nSPS) is 11.9. The van der Waals surface area contributed by atoms with Crippen LogP contribution in [-0.4, -0.2) is 18.2 Å². The predicted molar refractivity (Wildman–Crippen MR) is 109 cm³/mol. The maximum Gasteiger partial charge on any atom is 0.280 e. The average molecular weight is 379 g/mol. The molecule has 1 atom stereocenters. The van der Waals surface area contributed by atoms with E-state index in [2.05, 4.69) is 10.5 Å². The third kappa shape index (κ3) is 5.43. The highest BCUT2D eigenvalue weighted by molar-refractivity contribution is 6.30. The first-order valence-corrected chi connectivity index (χ1v) is 8.90. The number of hydrogen-bond acceptors (Lipinski definition) is 3. The van der Waals surface area contributed by atoms with Crippen molar-refractivity contribution in [3.05, 3.63) is 89.4 Å². The molecule has 3 rings (SSSR count). The molecule has 27 heavy (non-hydrogen) atoms. The number of ether oxygens (including phenoxy) is 1. The molecule has 0 saturated carbocycles. The Labute approximate surface area is 163 Å². The SMILES string of the molecule is CC(Oc1ccc(-c2ccccc2)cc1)C(=O)NN=Cc1ccc(Cl)cc1. The van der Waals surface area contributed by atoms with Gasteiger partial charge in [0.05, 0.1) is 6.21 Å². The van der Waals surface area contributed by atoms with Gasteiger partial charge in [0.25, 0.3) is 5.91 Å². The van der Waals surface area contributed by atoms with Gasteiger partial charge < -0.3 is 4.74 Å². The first kappa shape index (κ1) is 18.7. The number of hydrazone groups is 1. The van der Waals surface area contributed by atoms with Gasteiger partial charge in [-0.25, -0.2) is 5.43 Å². The highest BCUT2D eigenvalue weighted by Gasteiger charge is 2.13. The highest BCUT2D eigenvalue weighted by Crippen LogP contribution is 2.22. The number of nitrogens with one attached hydrogen (secondary N) is 1. The standard InChI is InChI=1S/C22H19ClN2O2/c1-16(22(26)25-24-15-17-7-11-20(23)12-8-17)27-21-13-9-19(10-14-21)18-5-3-2-4-6-18/h2-16H,1H3,(H,25,26). The summed E-state index contributed by atoms with van der Waals surface area (Å²) in [5, 5.41) is 4.59. The molecule has 0 aliphatic carbocycles. The summed E-state index contributed by atoms with van der Waals surface area (Å²) in [4.78, 5) is 12.1. The molecule has 136 valence electrons. The van der Waals surface area contributed by atoms with Gasteiger partial charge in [0, 0.05) is 5.02 Å². The van der Waals surface area contributed by atoms with E-state index in [1.807, 2.05) is 66.7 Å². The second kappa shape index (κ2) is 9.01. The maximum absolute atomic E-state index is 12.1. The van der Waals surface area contributed by atoms with Gasteiger partial charge in [0.2, 0.25) is 0 Å². The van der Waals surface area contributed by atoms with Crippen molar-refractivity contribution in [3.63, 3.8) is 0 Å². The largest absolute Gasteiger partial charge is 0.481 e. The molecular weight excluding hydrogens is 360 g/mol. The lowest BCUT2D eigenvalue weighted by Crippen LogP contribution is -2.33. The van der Waals surface area contributed by atoms with Crippen molar-refractivity contribution in [2.24, 2.45) is 5.10 Å². The first-order valence-electron chi connectivity index (χ1n) is 8.52. The molecule has 1 amide bonds. The Kier molecular flexibility index (Phi) is 6.23. The molecule has 0 saturated heterocycles. The second-order valence-corrected chi connectivity index (χ2v) is 6.37. The number of nitrogens with zero attached hydrogens (tertiary/aromatic N) is 1. The van der Waals surface area contributed by atoms with E-state index >= 15 is 0 Å². The summed E-state index contributed by atoms with van der Waals surface area (Å²) in [6.45, 7) is 1.68. The quantitative estimate of drug-likeness (QED) is 0.488. The number of hydrogen-bond donors (Lipinski definition) is 1. The van der Waals surface area contributed by atoms with E-state index < -0.39 is 6.10 Å². The molecular formula is C22H19ClN2O2. The molecule has 0 radical (unpaired) electrons. The van der Waals surface area contributed by atoms with Gasteiger partial charge in [0.1, 0.15) is 5.75 Å². The Morgan fingerprint density at radius 3 is 2.26 bits per heavy atom. The van der Waals surface area contributed by atoms with Crippen LogP contribution in [0.15, 0.2) is 84.0 Å².